The SMILES string of the molecule is CCC1CCN(C)C[C@H]1O. The summed E-state index contributed by atoms with van der Waals surface area (Å²) in [6, 6.07) is 0. The molecule has 0 aromatic heterocycles. The molecule has 0 aliphatic carbocycles. The van der Waals surface area contributed by atoms with E-state index in [4.69, 9.17) is 0 Å². The Hall–Kier alpha value is -0.0800. The zero-order valence-electron chi connectivity index (χ0n) is 6.88. The monoisotopic (exact) mass is 143 g/mol. The van der Waals surface area contributed by atoms with Gasteiger partial charge in [-0.15, -0.1) is 0 Å². The summed E-state index contributed by atoms with van der Waals surface area (Å²) < 4.78 is 0. The average molecular weight is 143 g/mol. The molecule has 2 heteroatoms. The third kappa shape index (κ3) is 1.70. The number of piperidine rings is 1. The molecule has 0 amide bonds. The second-order valence-corrected chi connectivity index (χ2v) is 3.29. The van der Waals surface area contributed by atoms with Crippen molar-refractivity contribution in [3.63, 3.8) is 0 Å². The molecule has 1 aliphatic rings. The van der Waals surface area contributed by atoms with Crippen molar-refractivity contribution in [2.75, 3.05) is 20.1 Å². The molecule has 1 aliphatic heterocycles. The van der Waals surface area contributed by atoms with Crippen molar-refractivity contribution in [3.8, 4) is 0 Å². The molecule has 2 atom stereocenters. The number of β-amino-alcohol motifs (C(OH)–C–C–N with tert-alkyl or cyclic N) is 1. The Kier molecular flexibility index (Phi) is 2.69. The fourth-order valence-electron chi connectivity index (χ4n) is 1.61. The summed E-state index contributed by atoms with van der Waals surface area (Å²) in [5, 5.41) is 9.50. The van der Waals surface area contributed by atoms with Crippen LogP contribution in [0.4, 0.5) is 0 Å². The number of hydrogen-bond donors (Lipinski definition) is 1. The minimum atomic E-state index is -0.0799. The molecule has 0 aromatic rings. The lowest BCUT2D eigenvalue weighted by Crippen LogP contribution is -2.41. The molecule has 10 heavy (non-hydrogen) atoms. The lowest BCUT2D eigenvalue weighted by atomic mass is 9.92. The van der Waals surface area contributed by atoms with Crippen LogP contribution < -0.4 is 0 Å². The molecule has 0 radical (unpaired) electrons. The Balaban J connectivity index is 2.36. The molecule has 0 aromatic carbocycles. The van der Waals surface area contributed by atoms with Gasteiger partial charge in [0.05, 0.1) is 6.10 Å². The lowest BCUT2D eigenvalue weighted by Gasteiger charge is -2.32. The summed E-state index contributed by atoms with van der Waals surface area (Å²) in [7, 11) is 2.06. The second kappa shape index (κ2) is 3.35. The first-order chi connectivity index (χ1) is 4.74. The largest absolute Gasteiger partial charge is 0.392 e. The van der Waals surface area contributed by atoms with Gasteiger partial charge in [0.2, 0.25) is 0 Å². The molecule has 1 heterocycles. The van der Waals surface area contributed by atoms with Crippen LogP contribution in [0.15, 0.2) is 0 Å². The van der Waals surface area contributed by atoms with Gasteiger partial charge in [0, 0.05) is 6.54 Å². The van der Waals surface area contributed by atoms with Gasteiger partial charge in [-0.1, -0.05) is 13.3 Å². The van der Waals surface area contributed by atoms with E-state index in [-0.39, 0.29) is 6.10 Å². The molecule has 60 valence electrons. The van der Waals surface area contributed by atoms with Gasteiger partial charge in [-0.3, -0.25) is 0 Å². The Labute approximate surface area is 62.8 Å². The van der Waals surface area contributed by atoms with Crippen molar-refractivity contribution in [2.24, 2.45) is 5.92 Å². The fourth-order valence-corrected chi connectivity index (χ4v) is 1.61. The fraction of sp³-hybridized carbons (Fsp3) is 1.00. The minimum absolute atomic E-state index is 0.0799. The zero-order chi connectivity index (χ0) is 7.56. The summed E-state index contributed by atoms with van der Waals surface area (Å²) in [5.41, 5.74) is 0. The summed E-state index contributed by atoms with van der Waals surface area (Å²) in [6.45, 7) is 4.16. The Bertz CT molecular complexity index is 105. The summed E-state index contributed by atoms with van der Waals surface area (Å²) in [4.78, 5) is 2.19. The highest BCUT2D eigenvalue weighted by molar-refractivity contribution is 4.76. The van der Waals surface area contributed by atoms with Crippen molar-refractivity contribution in [3.05, 3.63) is 0 Å². The van der Waals surface area contributed by atoms with Gasteiger partial charge in [0.15, 0.2) is 0 Å². The Morgan fingerprint density at radius 2 is 2.30 bits per heavy atom. The van der Waals surface area contributed by atoms with E-state index in [9.17, 15) is 5.11 Å². The van der Waals surface area contributed by atoms with E-state index in [1.54, 1.807) is 0 Å². The maximum atomic E-state index is 9.50. The molecule has 1 rings (SSSR count). The van der Waals surface area contributed by atoms with Crippen LogP contribution >= 0.6 is 0 Å². The number of rotatable bonds is 1. The van der Waals surface area contributed by atoms with Crippen LogP contribution in [-0.4, -0.2) is 36.2 Å². The molecule has 0 spiro atoms. The normalized spacial score (nSPS) is 36.3. The van der Waals surface area contributed by atoms with Crippen LogP contribution in [0, 0.1) is 5.92 Å². The van der Waals surface area contributed by atoms with Crippen LogP contribution in [0.25, 0.3) is 0 Å². The van der Waals surface area contributed by atoms with Crippen LogP contribution in [0.2, 0.25) is 0 Å². The van der Waals surface area contributed by atoms with Gasteiger partial charge >= 0.3 is 0 Å². The highest BCUT2D eigenvalue weighted by Gasteiger charge is 2.23. The number of aliphatic hydroxyl groups excluding tert-OH is 1. The summed E-state index contributed by atoms with van der Waals surface area (Å²) in [5.74, 6) is 0.552. The second-order valence-electron chi connectivity index (χ2n) is 3.29. The number of likely N-dealkylation sites (N-methyl/N-ethyl adjacent to an activating group) is 1. The number of aliphatic hydroxyl groups is 1. The third-order valence-corrected chi connectivity index (χ3v) is 2.45. The summed E-state index contributed by atoms with van der Waals surface area (Å²) >= 11 is 0. The highest BCUT2D eigenvalue weighted by atomic mass is 16.3. The predicted molar refractivity (Wildman–Crippen MR) is 41.9 cm³/mol. The maximum Gasteiger partial charge on any atom is 0.0695 e. The molecule has 0 saturated carbocycles. The van der Waals surface area contributed by atoms with Crippen molar-refractivity contribution in [1.82, 2.24) is 4.90 Å². The van der Waals surface area contributed by atoms with E-state index < -0.39 is 0 Å². The first-order valence-corrected chi connectivity index (χ1v) is 4.10. The van der Waals surface area contributed by atoms with Crippen molar-refractivity contribution in [2.45, 2.75) is 25.9 Å². The quantitative estimate of drug-likeness (QED) is 0.584. The van der Waals surface area contributed by atoms with Crippen LogP contribution in [-0.2, 0) is 0 Å². The Morgan fingerprint density at radius 1 is 1.60 bits per heavy atom. The molecule has 1 unspecified atom stereocenters. The molecule has 2 nitrogen and oxygen atoms in total. The summed E-state index contributed by atoms with van der Waals surface area (Å²) in [6.07, 6.45) is 2.20. The van der Waals surface area contributed by atoms with Gasteiger partial charge in [-0.2, -0.15) is 0 Å². The average Bonchev–Trinajstić information content (AvgIpc) is 1.88. The maximum absolute atomic E-state index is 9.50. The molecule has 0 bridgehead atoms. The zero-order valence-corrected chi connectivity index (χ0v) is 6.88. The molecular formula is C8H17NO. The van der Waals surface area contributed by atoms with Crippen LogP contribution in [0.5, 0.6) is 0 Å². The topological polar surface area (TPSA) is 23.5 Å². The highest BCUT2D eigenvalue weighted by Crippen LogP contribution is 2.19. The van der Waals surface area contributed by atoms with Gasteiger partial charge < -0.3 is 10.0 Å². The van der Waals surface area contributed by atoms with E-state index in [1.165, 1.54) is 0 Å². The molecule has 1 N–H and O–H groups in total. The van der Waals surface area contributed by atoms with E-state index in [2.05, 4.69) is 18.9 Å². The predicted octanol–water partition coefficient (Wildman–Crippen LogP) is 0.709. The van der Waals surface area contributed by atoms with Crippen LogP contribution in [0.1, 0.15) is 19.8 Å². The number of hydrogen-bond acceptors (Lipinski definition) is 2. The van der Waals surface area contributed by atoms with Crippen molar-refractivity contribution < 1.29 is 5.11 Å². The standard InChI is InChI=1S/C8H17NO/c1-3-7-4-5-9(2)6-8(7)10/h7-8,10H,3-6H2,1-2H3/t7?,8-/m1/s1. The Morgan fingerprint density at radius 3 is 2.80 bits per heavy atom. The van der Waals surface area contributed by atoms with Crippen LogP contribution in [0.3, 0.4) is 0 Å². The molecule has 1 fully saturated rings. The lowest BCUT2D eigenvalue weighted by molar-refractivity contribution is 0.0309. The van der Waals surface area contributed by atoms with Gasteiger partial charge in [-0.25, -0.2) is 0 Å². The molecule has 1 saturated heterocycles. The van der Waals surface area contributed by atoms with E-state index in [1.807, 2.05) is 0 Å². The molecular weight excluding hydrogens is 126 g/mol. The number of nitrogens with zero attached hydrogens (tertiary/aromatic N) is 1. The minimum Gasteiger partial charge on any atom is -0.392 e. The van der Waals surface area contributed by atoms with E-state index >= 15 is 0 Å². The third-order valence-electron chi connectivity index (χ3n) is 2.45. The van der Waals surface area contributed by atoms with Gasteiger partial charge in [0.25, 0.3) is 0 Å². The first-order valence-electron chi connectivity index (χ1n) is 4.10. The van der Waals surface area contributed by atoms with E-state index in [0.717, 1.165) is 25.9 Å². The smallest absolute Gasteiger partial charge is 0.0695 e. The van der Waals surface area contributed by atoms with Crippen molar-refractivity contribution >= 4 is 0 Å². The first kappa shape index (κ1) is 8.02. The van der Waals surface area contributed by atoms with Crippen molar-refractivity contribution in [1.29, 1.82) is 0 Å². The van der Waals surface area contributed by atoms with E-state index in [0.29, 0.717) is 5.92 Å². The van der Waals surface area contributed by atoms with Gasteiger partial charge in [0.1, 0.15) is 0 Å². The van der Waals surface area contributed by atoms with Gasteiger partial charge in [-0.05, 0) is 25.9 Å². The number of likely N-dealkylation sites (tertiary alicyclic amines) is 1.